The molecule has 59 heavy (non-hydrogen) atoms. The monoisotopic (exact) mass is 813 g/mol. The zero-order valence-corrected chi connectivity index (χ0v) is 32.9. The molecule has 10 unspecified atom stereocenters. The first-order chi connectivity index (χ1) is 27.9. The lowest BCUT2D eigenvalue weighted by Crippen LogP contribution is -2.81. The maximum atomic E-state index is 14.8. The number of nitrogens with one attached hydrogen (secondary N) is 1. The number of benzene rings is 3. The van der Waals surface area contributed by atoms with Crippen molar-refractivity contribution in [2.75, 3.05) is 13.4 Å². The van der Waals surface area contributed by atoms with Crippen LogP contribution >= 0.6 is 0 Å². The molecule has 11 atom stereocenters. The van der Waals surface area contributed by atoms with Gasteiger partial charge in [-0.3, -0.25) is 9.59 Å². The van der Waals surface area contributed by atoms with Gasteiger partial charge >= 0.3 is 11.9 Å². The molecular formula is C44H47NO14. The SMILES string of the molecule is CC1=C2C(O)C(=O)[C@]3(C)C(O)CC4OCC4(O)C3C(OC(=O)c3ccccc3)C(O)(CC1OC(=O)C(O)C(NC(=O)c1ccccc1)c1ccc3c(c1)OCO3)C2(C)C. The number of ketones is 1. The van der Waals surface area contributed by atoms with Gasteiger partial charge in [-0.25, -0.2) is 9.59 Å². The van der Waals surface area contributed by atoms with Crippen LogP contribution in [0.3, 0.4) is 0 Å². The number of rotatable bonds is 8. The summed E-state index contributed by atoms with van der Waals surface area (Å²) in [5, 5.41) is 64.0. The quantitative estimate of drug-likeness (QED) is 0.142. The Balaban J connectivity index is 1.20. The van der Waals surface area contributed by atoms with Crippen molar-refractivity contribution < 1.29 is 68.4 Å². The average molecular weight is 814 g/mol. The maximum absolute atomic E-state index is 14.8. The Bertz CT molecular complexity index is 2210. The third-order valence-electron chi connectivity index (χ3n) is 13.5. The van der Waals surface area contributed by atoms with E-state index in [1.165, 1.54) is 32.0 Å². The summed E-state index contributed by atoms with van der Waals surface area (Å²) in [5.41, 5.74) is -7.14. The van der Waals surface area contributed by atoms with E-state index in [0.717, 1.165) is 0 Å². The summed E-state index contributed by atoms with van der Waals surface area (Å²) < 4.78 is 28.9. The summed E-state index contributed by atoms with van der Waals surface area (Å²) in [5.74, 6) is -4.48. The molecule has 6 N–H and O–H groups in total. The Hall–Kier alpha value is -5.16. The van der Waals surface area contributed by atoms with E-state index < -0.39 is 101 Å². The lowest BCUT2D eigenvalue weighted by atomic mass is 9.44. The number of aliphatic hydroxyl groups excluding tert-OH is 3. The molecule has 1 saturated heterocycles. The largest absolute Gasteiger partial charge is 0.456 e. The van der Waals surface area contributed by atoms with Crippen LogP contribution in [-0.4, -0.2) is 110 Å². The fourth-order valence-electron chi connectivity index (χ4n) is 9.99. The summed E-state index contributed by atoms with van der Waals surface area (Å²) in [4.78, 5) is 56.5. The molecule has 8 rings (SSSR count). The Morgan fingerprint density at radius 2 is 1.53 bits per heavy atom. The van der Waals surface area contributed by atoms with Crippen LogP contribution in [-0.2, 0) is 23.8 Å². The molecule has 15 heteroatoms. The zero-order chi connectivity index (χ0) is 42.2. The van der Waals surface area contributed by atoms with Crippen LogP contribution in [0.4, 0.5) is 0 Å². The lowest BCUT2D eigenvalue weighted by molar-refractivity contribution is -0.343. The van der Waals surface area contributed by atoms with Gasteiger partial charge < -0.3 is 54.5 Å². The van der Waals surface area contributed by atoms with Crippen LogP contribution < -0.4 is 14.8 Å². The van der Waals surface area contributed by atoms with Crippen LogP contribution in [0.25, 0.3) is 0 Å². The molecule has 0 aromatic heterocycles. The topological polar surface area (TPSA) is 228 Å². The first kappa shape index (κ1) is 40.6. The van der Waals surface area contributed by atoms with Crippen LogP contribution in [0, 0.1) is 16.7 Å². The van der Waals surface area contributed by atoms with E-state index >= 15 is 0 Å². The number of hydrogen-bond donors (Lipinski definition) is 6. The molecule has 312 valence electrons. The van der Waals surface area contributed by atoms with Gasteiger partial charge in [0.2, 0.25) is 6.79 Å². The molecule has 1 amide bonds. The highest BCUT2D eigenvalue weighted by Crippen LogP contribution is 2.63. The van der Waals surface area contributed by atoms with Crippen molar-refractivity contribution >= 4 is 23.6 Å². The molecule has 3 aromatic rings. The van der Waals surface area contributed by atoms with E-state index in [1.54, 1.807) is 74.5 Å². The second-order valence-electron chi connectivity index (χ2n) is 16.9. The van der Waals surface area contributed by atoms with E-state index in [9.17, 15) is 44.7 Å². The third kappa shape index (κ3) is 6.25. The molecule has 0 radical (unpaired) electrons. The van der Waals surface area contributed by atoms with Crippen LogP contribution in [0.2, 0.25) is 0 Å². The molecule has 3 aromatic carbocycles. The van der Waals surface area contributed by atoms with Gasteiger partial charge in [0.1, 0.15) is 29.5 Å². The number of ether oxygens (including phenoxy) is 5. The van der Waals surface area contributed by atoms with Crippen LogP contribution in [0.5, 0.6) is 11.5 Å². The first-order valence-electron chi connectivity index (χ1n) is 19.5. The van der Waals surface area contributed by atoms with Gasteiger partial charge in [0.25, 0.3) is 5.91 Å². The third-order valence-corrected chi connectivity index (χ3v) is 13.5. The molecule has 2 saturated carbocycles. The number of esters is 2. The average Bonchev–Trinajstić information content (AvgIpc) is 3.70. The number of carbonyl (C=O) groups is 4. The Kier molecular flexibility index (Phi) is 10.0. The number of hydrogen-bond acceptors (Lipinski definition) is 14. The highest BCUT2D eigenvalue weighted by atomic mass is 16.7. The van der Waals surface area contributed by atoms with Crippen molar-refractivity contribution in [1.82, 2.24) is 5.32 Å². The predicted molar refractivity (Wildman–Crippen MR) is 205 cm³/mol. The standard InChI is InChI=1S/C44H47NO14/c1-22-28(58-40(52)34(48)32(45-38(50)23-11-7-5-8-12-23)25-15-16-26-27(17-25)57-21-56-26)19-44(54)37(59-39(51)24-13-9-6-10-14-24)35-42(4,29(46)18-30-43(35,53)20-55-30)36(49)33(47)31(22)41(44,2)3/h5-17,28-30,32-35,37,46-48,53-54H,18-21H2,1-4H3,(H,45,50)/t28?,29?,30?,32?,33?,34?,35?,37?,42-,43?,44?/m1/s1. The number of fused-ring (bicyclic) bond motifs is 6. The molecule has 2 bridgehead atoms. The van der Waals surface area contributed by atoms with E-state index in [0.29, 0.717) is 11.5 Å². The van der Waals surface area contributed by atoms with Gasteiger partial charge in [-0.15, -0.1) is 0 Å². The molecular weight excluding hydrogens is 766 g/mol. The van der Waals surface area contributed by atoms with Gasteiger partial charge in [0, 0.05) is 29.7 Å². The lowest BCUT2D eigenvalue weighted by Gasteiger charge is -2.66. The fraction of sp³-hybridized carbons (Fsp3) is 0.455. The van der Waals surface area contributed by atoms with Crippen molar-refractivity contribution in [3.05, 3.63) is 107 Å². The summed E-state index contributed by atoms with van der Waals surface area (Å²) in [6.07, 6.45) is -10.5. The molecule has 15 nitrogen and oxygen atoms in total. The molecule has 0 spiro atoms. The first-order valence-corrected chi connectivity index (χ1v) is 19.5. The number of amides is 1. The van der Waals surface area contributed by atoms with Gasteiger partial charge in [0.15, 0.2) is 23.4 Å². The maximum Gasteiger partial charge on any atom is 0.338 e. The van der Waals surface area contributed by atoms with E-state index in [1.807, 2.05) is 0 Å². The normalized spacial score (nSPS) is 33.8. The van der Waals surface area contributed by atoms with Crippen molar-refractivity contribution in [1.29, 1.82) is 0 Å². The number of Topliss-reactive ketones (excluding diaryl/α,β-unsaturated/α-hetero) is 1. The van der Waals surface area contributed by atoms with E-state index in [-0.39, 0.29) is 47.7 Å². The second-order valence-corrected chi connectivity index (χ2v) is 16.9. The van der Waals surface area contributed by atoms with Gasteiger partial charge in [-0.1, -0.05) is 56.3 Å². The minimum absolute atomic E-state index is 0.0557. The molecule has 3 fully saturated rings. The smallest absolute Gasteiger partial charge is 0.338 e. The Labute approximate surface area is 339 Å². The highest BCUT2D eigenvalue weighted by molar-refractivity contribution is 5.95. The van der Waals surface area contributed by atoms with Crippen LogP contribution in [0.15, 0.2) is 90.0 Å². The van der Waals surface area contributed by atoms with Crippen molar-refractivity contribution in [2.24, 2.45) is 16.7 Å². The summed E-state index contributed by atoms with van der Waals surface area (Å²) in [6, 6.07) is 19.2. The molecule has 2 aliphatic heterocycles. The van der Waals surface area contributed by atoms with Crippen molar-refractivity contribution in [3.63, 3.8) is 0 Å². The number of aliphatic hydroxyl groups is 5. The van der Waals surface area contributed by atoms with E-state index in [2.05, 4.69) is 5.32 Å². The summed E-state index contributed by atoms with van der Waals surface area (Å²) in [6.45, 7) is 5.61. The Morgan fingerprint density at radius 3 is 2.17 bits per heavy atom. The van der Waals surface area contributed by atoms with Crippen molar-refractivity contribution in [2.45, 2.75) is 94.4 Å². The Morgan fingerprint density at radius 1 is 0.881 bits per heavy atom. The van der Waals surface area contributed by atoms with E-state index in [4.69, 9.17) is 23.7 Å². The summed E-state index contributed by atoms with van der Waals surface area (Å²) >= 11 is 0. The second kappa shape index (κ2) is 14.5. The fourth-order valence-corrected chi connectivity index (χ4v) is 9.99. The van der Waals surface area contributed by atoms with Crippen LogP contribution in [0.1, 0.15) is 72.9 Å². The van der Waals surface area contributed by atoms with Gasteiger partial charge in [-0.2, -0.15) is 0 Å². The minimum atomic E-state index is -2.33. The molecule has 3 aliphatic carbocycles. The van der Waals surface area contributed by atoms with Gasteiger partial charge in [-0.05, 0) is 67.0 Å². The summed E-state index contributed by atoms with van der Waals surface area (Å²) in [7, 11) is 0. The van der Waals surface area contributed by atoms with Gasteiger partial charge in [0.05, 0.1) is 35.8 Å². The molecule has 5 aliphatic rings. The van der Waals surface area contributed by atoms with Crippen molar-refractivity contribution in [3.8, 4) is 11.5 Å². The zero-order valence-electron chi connectivity index (χ0n) is 32.9. The molecule has 2 heterocycles. The minimum Gasteiger partial charge on any atom is -0.456 e. The number of carbonyl (C=O) groups excluding carboxylic acids is 4. The predicted octanol–water partition coefficient (Wildman–Crippen LogP) is 2.32. The highest BCUT2D eigenvalue weighted by Gasteiger charge is 2.76.